The Morgan fingerprint density at radius 2 is 2.16 bits per heavy atom. The minimum absolute atomic E-state index is 0.0650. The fourth-order valence-corrected chi connectivity index (χ4v) is 4.53. The zero-order valence-electron chi connectivity index (χ0n) is 13.6. The maximum Gasteiger partial charge on any atom is 0.248 e. The molecule has 5 nitrogen and oxygen atoms in total. The molecule has 1 N–H and O–H groups in total. The van der Waals surface area contributed by atoms with E-state index in [-0.39, 0.29) is 11.8 Å². The largest absolute Gasteiger partial charge is 0.331 e. The summed E-state index contributed by atoms with van der Waals surface area (Å²) in [4.78, 5) is 30.4. The fraction of sp³-hybridized carbons (Fsp3) is 0.278. The van der Waals surface area contributed by atoms with E-state index in [1.165, 1.54) is 18.3 Å². The third-order valence-electron chi connectivity index (χ3n) is 4.52. The molecule has 2 heterocycles. The molecule has 1 atom stereocenters. The standard InChI is InChI=1S/C18H16ClN3O2S/c1-10(23)22-8-2-3-15(22)17(24)21-18-20-14-7-4-11-9-12(19)5-6-13(11)16(14)25-18/h4-7,9,15H,2-3,8H2,1H3,(H,20,21,24). The van der Waals surface area contributed by atoms with Gasteiger partial charge in [-0.05, 0) is 36.4 Å². The highest BCUT2D eigenvalue weighted by Gasteiger charge is 2.32. The van der Waals surface area contributed by atoms with Crippen LogP contribution in [-0.4, -0.2) is 34.3 Å². The normalized spacial score (nSPS) is 17.4. The van der Waals surface area contributed by atoms with Crippen molar-refractivity contribution in [1.82, 2.24) is 9.88 Å². The van der Waals surface area contributed by atoms with E-state index in [9.17, 15) is 9.59 Å². The van der Waals surface area contributed by atoms with Gasteiger partial charge in [-0.3, -0.25) is 9.59 Å². The van der Waals surface area contributed by atoms with Crippen LogP contribution in [0.5, 0.6) is 0 Å². The van der Waals surface area contributed by atoms with Crippen molar-refractivity contribution in [3.63, 3.8) is 0 Å². The van der Waals surface area contributed by atoms with Gasteiger partial charge in [0.25, 0.3) is 0 Å². The van der Waals surface area contributed by atoms with Gasteiger partial charge in [0, 0.05) is 23.9 Å². The van der Waals surface area contributed by atoms with E-state index in [0.717, 1.165) is 27.4 Å². The summed E-state index contributed by atoms with van der Waals surface area (Å²) >= 11 is 7.49. The van der Waals surface area contributed by atoms with Crippen molar-refractivity contribution in [1.29, 1.82) is 0 Å². The first-order valence-corrected chi connectivity index (χ1v) is 9.29. The second kappa shape index (κ2) is 6.28. The summed E-state index contributed by atoms with van der Waals surface area (Å²) in [6.07, 6.45) is 1.54. The number of hydrogen-bond donors (Lipinski definition) is 1. The van der Waals surface area contributed by atoms with Gasteiger partial charge < -0.3 is 10.2 Å². The highest BCUT2D eigenvalue weighted by Crippen LogP contribution is 2.34. The maximum atomic E-state index is 12.6. The molecule has 2 amide bonds. The lowest BCUT2D eigenvalue weighted by Gasteiger charge is -2.21. The Kier molecular flexibility index (Phi) is 4.09. The Morgan fingerprint density at radius 3 is 2.96 bits per heavy atom. The number of likely N-dealkylation sites (tertiary alicyclic amines) is 1. The number of benzene rings is 2. The smallest absolute Gasteiger partial charge is 0.248 e. The van der Waals surface area contributed by atoms with E-state index in [1.807, 2.05) is 30.3 Å². The molecule has 4 rings (SSSR count). The van der Waals surface area contributed by atoms with Crippen LogP contribution in [0.25, 0.3) is 21.0 Å². The van der Waals surface area contributed by atoms with Crippen LogP contribution in [0.1, 0.15) is 19.8 Å². The van der Waals surface area contributed by atoms with Crippen molar-refractivity contribution in [3.8, 4) is 0 Å². The first kappa shape index (κ1) is 16.3. The van der Waals surface area contributed by atoms with Gasteiger partial charge in [0.05, 0.1) is 10.2 Å². The number of amides is 2. The topological polar surface area (TPSA) is 62.3 Å². The Labute approximate surface area is 153 Å². The zero-order valence-corrected chi connectivity index (χ0v) is 15.2. The lowest BCUT2D eigenvalue weighted by atomic mass is 10.1. The Balaban J connectivity index is 1.65. The summed E-state index contributed by atoms with van der Waals surface area (Å²) in [5.41, 5.74) is 0.838. The van der Waals surface area contributed by atoms with E-state index in [1.54, 1.807) is 4.90 Å². The van der Waals surface area contributed by atoms with Crippen molar-refractivity contribution >= 4 is 60.9 Å². The second-order valence-corrected chi connectivity index (χ2v) is 7.59. The van der Waals surface area contributed by atoms with Gasteiger partial charge >= 0.3 is 0 Å². The molecule has 0 spiro atoms. The molecule has 0 aliphatic carbocycles. The average Bonchev–Trinajstić information content (AvgIpc) is 3.20. The summed E-state index contributed by atoms with van der Waals surface area (Å²) < 4.78 is 1.01. The Hall–Kier alpha value is -2.18. The molecule has 1 saturated heterocycles. The molecule has 3 aromatic rings. The summed E-state index contributed by atoms with van der Waals surface area (Å²) in [6, 6.07) is 9.24. The molecule has 25 heavy (non-hydrogen) atoms. The first-order chi connectivity index (χ1) is 12.0. The van der Waals surface area contributed by atoms with E-state index in [2.05, 4.69) is 10.3 Å². The number of nitrogens with zero attached hydrogens (tertiary/aromatic N) is 2. The van der Waals surface area contributed by atoms with Gasteiger partial charge in [-0.15, -0.1) is 0 Å². The number of hydrogen-bond acceptors (Lipinski definition) is 4. The van der Waals surface area contributed by atoms with Crippen molar-refractivity contribution in [2.24, 2.45) is 0 Å². The van der Waals surface area contributed by atoms with Crippen LogP contribution in [0, 0.1) is 0 Å². The molecule has 1 aliphatic rings. The van der Waals surface area contributed by atoms with E-state index in [4.69, 9.17) is 11.6 Å². The van der Waals surface area contributed by atoms with E-state index in [0.29, 0.717) is 23.1 Å². The molecule has 0 bridgehead atoms. The van der Waals surface area contributed by atoms with Crippen LogP contribution in [0.15, 0.2) is 30.3 Å². The number of aromatic nitrogens is 1. The number of halogens is 1. The average molecular weight is 374 g/mol. The predicted octanol–water partition coefficient (Wildman–Crippen LogP) is 4.05. The number of anilines is 1. The Morgan fingerprint density at radius 1 is 1.32 bits per heavy atom. The van der Waals surface area contributed by atoms with Crippen LogP contribution in [0.4, 0.5) is 5.13 Å². The first-order valence-electron chi connectivity index (χ1n) is 8.10. The van der Waals surface area contributed by atoms with Crippen LogP contribution in [0.2, 0.25) is 5.02 Å². The molecule has 0 saturated carbocycles. The van der Waals surface area contributed by atoms with Crippen LogP contribution in [-0.2, 0) is 9.59 Å². The van der Waals surface area contributed by atoms with Crippen LogP contribution >= 0.6 is 22.9 Å². The lowest BCUT2D eigenvalue weighted by Crippen LogP contribution is -2.42. The predicted molar refractivity (Wildman–Crippen MR) is 101 cm³/mol. The fourth-order valence-electron chi connectivity index (χ4n) is 3.34. The SMILES string of the molecule is CC(=O)N1CCCC1C(=O)Nc1nc2ccc3cc(Cl)ccc3c2s1. The molecule has 1 unspecified atom stereocenters. The van der Waals surface area contributed by atoms with E-state index >= 15 is 0 Å². The third kappa shape index (κ3) is 2.96. The molecule has 1 aliphatic heterocycles. The molecule has 1 fully saturated rings. The number of carbonyl (C=O) groups is 2. The molecule has 2 aromatic carbocycles. The molecular formula is C18H16ClN3O2S. The monoisotopic (exact) mass is 373 g/mol. The number of nitrogens with one attached hydrogen (secondary N) is 1. The minimum atomic E-state index is -0.403. The summed E-state index contributed by atoms with van der Waals surface area (Å²) in [5.74, 6) is -0.232. The number of fused-ring (bicyclic) bond motifs is 3. The maximum absolute atomic E-state index is 12.6. The van der Waals surface area contributed by atoms with Gasteiger partial charge in [0.1, 0.15) is 6.04 Å². The highest BCUT2D eigenvalue weighted by atomic mass is 35.5. The minimum Gasteiger partial charge on any atom is -0.331 e. The quantitative estimate of drug-likeness (QED) is 0.737. The molecule has 1 aromatic heterocycles. The van der Waals surface area contributed by atoms with Crippen molar-refractivity contribution in [3.05, 3.63) is 35.4 Å². The van der Waals surface area contributed by atoms with Gasteiger partial charge in [0.15, 0.2) is 5.13 Å². The highest BCUT2D eigenvalue weighted by molar-refractivity contribution is 7.23. The third-order valence-corrected chi connectivity index (χ3v) is 5.78. The lowest BCUT2D eigenvalue weighted by molar-refractivity contribution is -0.134. The summed E-state index contributed by atoms with van der Waals surface area (Å²) in [6.45, 7) is 2.14. The molecule has 128 valence electrons. The van der Waals surface area contributed by atoms with Gasteiger partial charge in [-0.25, -0.2) is 4.98 Å². The zero-order chi connectivity index (χ0) is 17.6. The summed E-state index contributed by atoms with van der Waals surface area (Å²) in [7, 11) is 0. The second-order valence-electron chi connectivity index (χ2n) is 6.16. The molecule has 7 heteroatoms. The van der Waals surface area contributed by atoms with E-state index < -0.39 is 6.04 Å². The Bertz CT molecular complexity index is 1000. The van der Waals surface area contributed by atoms with Crippen molar-refractivity contribution in [2.75, 3.05) is 11.9 Å². The van der Waals surface area contributed by atoms with Gasteiger partial charge in [-0.1, -0.05) is 35.1 Å². The number of thiazole rings is 1. The molecular weight excluding hydrogens is 358 g/mol. The molecule has 0 radical (unpaired) electrons. The number of rotatable bonds is 2. The van der Waals surface area contributed by atoms with Gasteiger partial charge in [0.2, 0.25) is 11.8 Å². The van der Waals surface area contributed by atoms with Crippen molar-refractivity contribution < 1.29 is 9.59 Å². The van der Waals surface area contributed by atoms with Crippen LogP contribution < -0.4 is 5.32 Å². The van der Waals surface area contributed by atoms with Crippen LogP contribution in [0.3, 0.4) is 0 Å². The number of carbonyl (C=O) groups excluding carboxylic acids is 2. The van der Waals surface area contributed by atoms with Crippen molar-refractivity contribution in [2.45, 2.75) is 25.8 Å². The van der Waals surface area contributed by atoms with Gasteiger partial charge in [-0.2, -0.15) is 0 Å². The summed E-state index contributed by atoms with van der Waals surface area (Å²) in [5, 5.41) is 6.23.